The van der Waals surface area contributed by atoms with Crippen molar-refractivity contribution >= 4 is 32.8 Å². The Balaban J connectivity index is 1.36. The van der Waals surface area contributed by atoms with E-state index < -0.39 is 16.3 Å². The number of aliphatic imine (C=N–C) groups is 1. The van der Waals surface area contributed by atoms with Crippen LogP contribution in [0.15, 0.2) is 46.5 Å². The van der Waals surface area contributed by atoms with Crippen molar-refractivity contribution in [3.8, 4) is 5.75 Å². The maximum absolute atomic E-state index is 11.5. The van der Waals surface area contributed by atoms with E-state index in [4.69, 9.17) is 19.5 Å². The molecule has 13 heteroatoms. The quantitative estimate of drug-likeness (QED) is 0.102. The predicted octanol–water partition coefficient (Wildman–Crippen LogP) is 6.79. The second kappa shape index (κ2) is 17.0. The highest BCUT2D eigenvalue weighted by Gasteiger charge is 2.28. The molecule has 0 radical (unpaired) electrons. The minimum absolute atomic E-state index is 0.000618. The van der Waals surface area contributed by atoms with Crippen LogP contribution in [0.1, 0.15) is 116 Å². The molecule has 2 atom stereocenters. The van der Waals surface area contributed by atoms with Crippen LogP contribution < -0.4 is 19.7 Å². The molecule has 52 heavy (non-hydrogen) atoms. The zero-order valence-corrected chi connectivity index (χ0v) is 34.1. The normalized spacial score (nSPS) is 15.5. The maximum Gasteiger partial charge on any atom is 0.208 e. The van der Waals surface area contributed by atoms with Gasteiger partial charge in [0.05, 0.1) is 17.7 Å². The lowest BCUT2D eigenvalue weighted by Gasteiger charge is -2.31. The topological polar surface area (TPSA) is 135 Å². The highest BCUT2D eigenvalue weighted by atomic mass is 32.2. The summed E-state index contributed by atoms with van der Waals surface area (Å²) in [6.45, 7) is 26.1. The number of hydrogen-bond donors (Lipinski definition) is 2. The zero-order valence-electron chi connectivity index (χ0n) is 33.3. The van der Waals surface area contributed by atoms with Crippen molar-refractivity contribution in [1.82, 2.24) is 24.9 Å². The smallest absolute Gasteiger partial charge is 0.208 e. The largest absolute Gasteiger partial charge is 0.465 e. The van der Waals surface area contributed by atoms with Gasteiger partial charge in [-0.05, 0) is 86.8 Å². The molecule has 2 unspecified atom stereocenters. The van der Waals surface area contributed by atoms with Crippen LogP contribution in [0, 0.1) is 6.92 Å². The summed E-state index contributed by atoms with van der Waals surface area (Å²) < 4.78 is 37.9. The standard InChI is InChI=1S/C39H60N8O4S/c1-13-38(8,9)30-16-19-34(32(23-30)39(10,11)14-2)51-29(7)50-25-40-24-27(5)36-43-37-35(28(6)44-47(37)45-36)42-33-18-17-31(22-26(33)4)46(15-3)21-20-41-52(12,48)49/h16-19,22-23,27,29,40-41H,13-15,20-21,24-25H2,1-12H3. The Morgan fingerprint density at radius 3 is 2.35 bits per heavy atom. The van der Waals surface area contributed by atoms with Gasteiger partial charge in [-0.3, -0.25) is 5.32 Å². The average molecular weight is 737 g/mol. The lowest BCUT2D eigenvalue weighted by molar-refractivity contribution is -0.0742. The summed E-state index contributed by atoms with van der Waals surface area (Å²) in [6.07, 6.45) is 2.79. The summed E-state index contributed by atoms with van der Waals surface area (Å²) in [6, 6.07) is 12.6. The van der Waals surface area contributed by atoms with Crippen molar-refractivity contribution in [3.05, 3.63) is 64.7 Å². The van der Waals surface area contributed by atoms with Gasteiger partial charge in [0, 0.05) is 43.3 Å². The van der Waals surface area contributed by atoms with Crippen molar-refractivity contribution in [2.75, 3.05) is 44.1 Å². The molecule has 1 aliphatic heterocycles. The first-order valence-electron chi connectivity index (χ1n) is 18.4. The van der Waals surface area contributed by atoms with Crippen LogP contribution in [0.25, 0.3) is 0 Å². The van der Waals surface area contributed by atoms with Crippen molar-refractivity contribution in [3.63, 3.8) is 0 Å². The Bertz CT molecular complexity index is 1870. The molecule has 0 amide bonds. The summed E-state index contributed by atoms with van der Waals surface area (Å²) in [4.78, 5) is 13.5. The molecule has 2 aromatic carbocycles. The second-order valence-electron chi connectivity index (χ2n) is 15.1. The molecule has 0 saturated heterocycles. The van der Waals surface area contributed by atoms with Crippen LogP contribution in [-0.4, -0.2) is 80.2 Å². The molecule has 286 valence electrons. The molecule has 12 nitrogen and oxygen atoms in total. The molecular formula is C39H60N8O4S. The molecule has 3 aromatic rings. The highest BCUT2D eigenvalue weighted by molar-refractivity contribution is 7.88. The molecule has 0 saturated carbocycles. The van der Waals surface area contributed by atoms with E-state index in [9.17, 15) is 8.42 Å². The summed E-state index contributed by atoms with van der Waals surface area (Å²) in [5, 5.41) is 12.6. The number of aryl methyl sites for hydroxylation is 1. The van der Waals surface area contributed by atoms with Gasteiger partial charge in [-0.1, -0.05) is 60.6 Å². The first-order chi connectivity index (χ1) is 24.4. The molecule has 0 bridgehead atoms. The number of aromatic nitrogens is 3. The average Bonchev–Trinajstić information content (AvgIpc) is 3.62. The highest BCUT2D eigenvalue weighted by Crippen LogP contribution is 2.39. The Morgan fingerprint density at radius 2 is 1.71 bits per heavy atom. The molecule has 0 spiro atoms. The number of rotatable bonds is 19. The fourth-order valence-corrected chi connectivity index (χ4v) is 6.34. The number of fused-ring (bicyclic) bond motifs is 1. The van der Waals surface area contributed by atoms with Crippen LogP contribution in [0.2, 0.25) is 0 Å². The molecule has 2 N–H and O–H groups in total. The Kier molecular flexibility index (Phi) is 13.4. The number of hydrogen-bond acceptors (Lipinski definition) is 10. The predicted molar refractivity (Wildman–Crippen MR) is 212 cm³/mol. The molecule has 0 aliphatic carbocycles. The first kappa shape index (κ1) is 41.1. The molecule has 1 aromatic heterocycles. The lowest BCUT2D eigenvalue weighted by atomic mass is 9.76. The third-order valence-electron chi connectivity index (χ3n) is 10.2. The minimum atomic E-state index is -3.23. The molecular weight excluding hydrogens is 677 g/mol. The van der Waals surface area contributed by atoms with E-state index in [-0.39, 0.29) is 16.7 Å². The summed E-state index contributed by atoms with van der Waals surface area (Å²) in [5.74, 6) is 2.15. The van der Waals surface area contributed by atoms with Crippen LogP contribution in [-0.2, 0) is 25.6 Å². The fraction of sp³-hybridized carbons (Fsp3) is 0.590. The number of benzene rings is 2. The molecule has 1 aliphatic rings. The van der Waals surface area contributed by atoms with Crippen LogP contribution in [0.5, 0.6) is 5.75 Å². The maximum atomic E-state index is 11.5. The molecule has 4 rings (SSSR count). The Hall–Kier alpha value is -3.65. The number of sulfonamides is 1. The van der Waals surface area contributed by atoms with E-state index in [2.05, 4.69) is 97.9 Å². The van der Waals surface area contributed by atoms with Gasteiger partial charge in [0.15, 0.2) is 12.1 Å². The number of anilines is 1. The first-order valence-corrected chi connectivity index (χ1v) is 20.3. The van der Waals surface area contributed by atoms with Crippen molar-refractivity contribution in [1.29, 1.82) is 0 Å². The van der Waals surface area contributed by atoms with Gasteiger partial charge >= 0.3 is 0 Å². The lowest BCUT2D eigenvalue weighted by Crippen LogP contribution is -2.34. The fourth-order valence-electron chi connectivity index (χ4n) is 5.88. The van der Waals surface area contributed by atoms with Gasteiger partial charge in [-0.2, -0.15) is 5.10 Å². The van der Waals surface area contributed by atoms with E-state index in [0.717, 1.165) is 47.8 Å². The van der Waals surface area contributed by atoms with Crippen LogP contribution >= 0.6 is 0 Å². The third-order valence-corrected chi connectivity index (χ3v) is 10.9. The van der Waals surface area contributed by atoms with E-state index in [1.54, 1.807) is 4.79 Å². The molecule has 2 heterocycles. The molecule has 0 fully saturated rings. The number of nitrogens with one attached hydrogen (secondary N) is 2. The number of likely N-dealkylation sites (N-methyl/N-ethyl adjacent to an activating group) is 1. The van der Waals surface area contributed by atoms with Gasteiger partial charge in [0.1, 0.15) is 18.2 Å². The monoisotopic (exact) mass is 736 g/mol. The minimum Gasteiger partial charge on any atom is -0.465 e. The van der Waals surface area contributed by atoms with Gasteiger partial charge in [0.2, 0.25) is 15.8 Å². The van der Waals surface area contributed by atoms with Gasteiger partial charge < -0.3 is 14.4 Å². The third kappa shape index (κ3) is 10.3. The van der Waals surface area contributed by atoms with E-state index in [1.165, 1.54) is 17.4 Å². The Labute approximate surface area is 311 Å². The van der Waals surface area contributed by atoms with E-state index in [0.29, 0.717) is 43.7 Å². The van der Waals surface area contributed by atoms with E-state index in [1.807, 2.05) is 39.8 Å². The summed E-state index contributed by atoms with van der Waals surface area (Å²) in [7, 11) is -3.23. The van der Waals surface area contributed by atoms with Crippen LogP contribution in [0.4, 0.5) is 11.4 Å². The summed E-state index contributed by atoms with van der Waals surface area (Å²) >= 11 is 0. The van der Waals surface area contributed by atoms with Crippen molar-refractivity contribution < 1.29 is 17.9 Å². The van der Waals surface area contributed by atoms with Gasteiger partial charge in [0.25, 0.3) is 0 Å². The second-order valence-corrected chi connectivity index (χ2v) is 16.9. The zero-order chi connectivity index (χ0) is 38.4. The Morgan fingerprint density at radius 1 is 1.00 bits per heavy atom. The van der Waals surface area contributed by atoms with Crippen molar-refractivity contribution in [2.45, 2.75) is 112 Å². The van der Waals surface area contributed by atoms with Gasteiger partial charge in [-0.25, -0.2) is 23.1 Å². The van der Waals surface area contributed by atoms with E-state index >= 15 is 0 Å². The number of nitrogens with zero attached hydrogens (tertiary/aromatic N) is 6. The van der Waals surface area contributed by atoms with Gasteiger partial charge in [-0.15, -0.1) is 9.89 Å². The van der Waals surface area contributed by atoms with Crippen LogP contribution in [0.3, 0.4) is 0 Å². The summed E-state index contributed by atoms with van der Waals surface area (Å²) in [5.41, 5.74) is 6.83. The van der Waals surface area contributed by atoms with Crippen molar-refractivity contribution in [2.24, 2.45) is 10.1 Å². The SMILES string of the molecule is CCN(CCNS(C)(=O)=O)c1ccc(N=C2C(C)=Nn3nc(C(C)CNCOC(C)Oc4ccc(C(C)(C)CC)cc4C(C)(C)CC)nc32)c(C)c1. The number of ether oxygens (including phenoxy) is 2.